The lowest BCUT2D eigenvalue weighted by molar-refractivity contribution is 0.669. The van der Waals surface area contributed by atoms with Gasteiger partial charge in [0.1, 0.15) is 11.2 Å². The molecule has 7 aromatic carbocycles. The fourth-order valence-electron chi connectivity index (χ4n) is 5.10. The van der Waals surface area contributed by atoms with E-state index in [4.69, 9.17) is 19.5 Å². The Hall–Kier alpha value is -4.88. The highest BCUT2D eigenvalue weighted by molar-refractivity contribution is 6.28. The van der Waals surface area contributed by atoms with E-state index in [-0.39, 0.29) is 27.7 Å². The van der Waals surface area contributed by atoms with E-state index in [1.165, 1.54) is 0 Å². The van der Waals surface area contributed by atoms with Crippen LogP contribution in [-0.2, 0) is 0 Å². The molecule has 0 amide bonds. The van der Waals surface area contributed by atoms with Gasteiger partial charge in [-0.25, -0.2) is 0 Å². The van der Waals surface area contributed by atoms with E-state index in [1.807, 2.05) is 6.07 Å². The van der Waals surface area contributed by atoms with Gasteiger partial charge < -0.3 is 4.42 Å². The quantitative estimate of drug-likeness (QED) is 0.221. The van der Waals surface area contributed by atoms with E-state index in [0.717, 1.165) is 5.39 Å². The van der Waals surface area contributed by atoms with Gasteiger partial charge >= 0.3 is 0 Å². The molecule has 8 rings (SSSR count). The third-order valence-corrected chi connectivity index (χ3v) is 6.57. The summed E-state index contributed by atoms with van der Waals surface area (Å²) in [5.41, 5.74) is -1.43. The Kier molecular flexibility index (Phi) is 2.16. The number of furan rings is 1. The molecule has 0 atom stereocenters. The largest absolute Gasteiger partial charge is 0.456 e. The molecule has 0 bridgehead atoms. The molecule has 0 spiro atoms. The van der Waals surface area contributed by atoms with E-state index in [9.17, 15) is 6.85 Å². The summed E-state index contributed by atoms with van der Waals surface area (Å²) in [6.45, 7) is 0. The van der Waals surface area contributed by atoms with Crippen molar-refractivity contribution in [3.05, 3.63) is 133 Å². The summed E-state index contributed by atoms with van der Waals surface area (Å²) >= 11 is 0. The fraction of sp³-hybridized carbons (Fsp3) is 0. The molecule has 0 aliphatic rings. The van der Waals surface area contributed by atoms with Crippen molar-refractivity contribution in [3.63, 3.8) is 0 Å². The molecule has 0 saturated heterocycles. The van der Waals surface area contributed by atoms with Crippen LogP contribution >= 0.6 is 0 Å². The highest BCUT2D eigenvalue weighted by Crippen LogP contribution is 2.47. The van der Waals surface area contributed by atoms with Crippen molar-refractivity contribution in [1.82, 2.24) is 0 Å². The summed E-state index contributed by atoms with van der Waals surface area (Å²) in [5, 5.41) is 0.149. The average molecular weight is 487 g/mol. The molecular formula is C36H22O. The summed E-state index contributed by atoms with van der Waals surface area (Å²) < 4.78 is 148. The summed E-state index contributed by atoms with van der Waals surface area (Å²) in [6.07, 6.45) is 0. The summed E-state index contributed by atoms with van der Waals surface area (Å²) in [5.74, 6) is 0. The lowest BCUT2D eigenvalue weighted by atomic mass is 9.85. The van der Waals surface area contributed by atoms with Gasteiger partial charge in [0.15, 0.2) is 0 Å². The molecule has 1 heteroatoms. The molecule has 37 heavy (non-hydrogen) atoms. The predicted octanol–water partition coefficient (Wildman–Crippen LogP) is 10.4. The molecule has 0 aliphatic heterocycles. The van der Waals surface area contributed by atoms with Crippen LogP contribution in [0.3, 0.4) is 0 Å². The lowest BCUT2D eigenvalue weighted by Gasteiger charge is -2.18. The van der Waals surface area contributed by atoms with Gasteiger partial charge in [0.2, 0.25) is 0 Å². The number of benzene rings is 7. The Morgan fingerprint density at radius 3 is 1.84 bits per heavy atom. The third-order valence-electron chi connectivity index (χ3n) is 6.57. The molecule has 8 aromatic rings. The molecule has 0 unspecified atom stereocenters. The summed E-state index contributed by atoms with van der Waals surface area (Å²) in [4.78, 5) is 0. The molecule has 0 saturated carbocycles. The SMILES string of the molecule is [2H]c1c([2H])c([2H])c(-c2c3c([2H])c([2H])c([2H])c([2H])c3c(-c3c([2H])c([2H])c([2H])c4oc5ccc6ccccc6c5c34)c3c([2H])c([2H])c([2H])c([2H])c23)c([2H])c1[2H]. The van der Waals surface area contributed by atoms with Crippen LogP contribution < -0.4 is 0 Å². The van der Waals surface area contributed by atoms with E-state index >= 15 is 0 Å². The second-order valence-corrected chi connectivity index (χ2v) is 8.47. The van der Waals surface area contributed by atoms with Crippen LogP contribution in [0.25, 0.3) is 76.5 Å². The zero-order valence-electron chi connectivity index (χ0n) is 34.9. The monoisotopic (exact) mass is 486 g/mol. The molecule has 0 aliphatic carbocycles. The standard InChI is InChI=1S/C36H22O/c1-2-12-24(13-3-1)33-26-15-6-8-17-28(26)34(29-18-9-7-16-27(29)33)30-19-10-20-31-36(30)35-25-14-5-4-11-23(25)21-22-32(35)37-31/h1-22H/i1D,2D,3D,6D,7D,8D,9D,10D,12D,13D,15D,16D,17D,18D,19D,20D. The molecule has 0 radical (unpaired) electrons. The first-order valence-corrected chi connectivity index (χ1v) is 11.4. The Morgan fingerprint density at radius 2 is 1.11 bits per heavy atom. The maximum Gasteiger partial charge on any atom is 0.136 e. The van der Waals surface area contributed by atoms with Gasteiger partial charge in [-0.2, -0.15) is 0 Å². The Balaban J connectivity index is 1.81. The average Bonchev–Trinajstić information content (AvgIpc) is 3.55. The van der Waals surface area contributed by atoms with Crippen molar-refractivity contribution in [2.24, 2.45) is 0 Å². The maximum absolute atomic E-state index is 9.37. The van der Waals surface area contributed by atoms with Gasteiger partial charge in [0.25, 0.3) is 0 Å². The molecule has 1 aromatic heterocycles. The Labute approximate surface area is 236 Å². The molecule has 1 heterocycles. The van der Waals surface area contributed by atoms with Crippen molar-refractivity contribution >= 4 is 54.3 Å². The number of rotatable bonds is 2. The summed E-state index contributed by atoms with van der Waals surface area (Å²) in [7, 11) is 0. The van der Waals surface area contributed by atoms with Crippen LogP contribution in [0.1, 0.15) is 21.9 Å². The second-order valence-electron chi connectivity index (χ2n) is 8.47. The topological polar surface area (TPSA) is 13.1 Å². The molecule has 172 valence electrons. The first-order valence-electron chi connectivity index (χ1n) is 19.4. The van der Waals surface area contributed by atoms with E-state index in [2.05, 4.69) is 0 Å². The van der Waals surface area contributed by atoms with E-state index in [0.29, 0.717) is 10.8 Å². The second kappa shape index (κ2) is 7.81. The van der Waals surface area contributed by atoms with Crippen molar-refractivity contribution in [2.75, 3.05) is 0 Å². The first-order chi connectivity index (χ1) is 25.0. The lowest BCUT2D eigenvalue weighted by Crippen LogP contribution is -1.91. The van der Waals surface area contributed by atoms with Crippen molar-refractivity contribution < 1.29 is 26.3 Å². The van der Waals surface area contributed by atoms with Gasteiger partial charge in [-0.15, -0.1) is 0 Å². The van der Waals surface area contributed by atoms with Crippen LogP contribution in [-0.4, -0.2) is 0 Å². The van der Waals surface area contributed by atoms with Crippen LogP contribution in [0.4, 0.5) is 0 Å². The zero-order chi connectivity index (χ0) is 38.3. The Morgan fingerprint density at radius 1 is 0.459 bits per heavy atom. The molecule has 0 N–H and O–H groups in total. The fourth-order valence-corrected chi connectivity index (χ4v) is 5.10. The zero-order valence-corrected chi connectivity index (χ0v) is 18.9. The minimum Gasteiger partial charge on any atom is -0.456 e. The van der Waals surface area contributed by atoms with Crippen molar-refractivity contribution in [2.45, 2.75) is 0 Å². The van der Waals surface area contributed by atoms with E-state index in [1.54, 1.807) is 30.3 Å². The van der Waals surface area contributed by atoms with Gasteiger partial charge in [0.05, 0.1) is 21.9 Å². The van der Waals surface area contributed by atoms with Gasteiger partial charge in [0, 0.05) is 10.8 Å². The highest BCUT2D eigenvalue weighted by atomic mass is 16.3. The molecular weight excluding hydrogens is 448 g/mol. The van der Waals surface area contributed by atoms with Crippen LogP contribution in [0.15, 0.2) is 137 Å². The van der Waals surface area contributed by atoms with Gasteiger partial charge in [-0.1, -0.05) is 121 Å². The predicted molar refractivity (Wildman–Crippen MR) is 157 cm³/mol. The minimum atomic E-state index is -0.787. The highest BCUT2D eigenvalue weighted by Gasteiger charge is 2.20. The van der Waals surface area contributed by atoms with Gasteiger partial charge in [-0.05, 0) is 66.7 Å². The smallest absolute Gasteiger partial charge is 0.136 e. The van der Waals surface area contributed by atoms with Crippen LogP contribution in [0.2, 0.25) is 0 Å². The maximum atomic E-state index is 9.37. The van der Waals surface area contributed by atoms with E-state index < -0.39 is 129 Å². The number of hydrogen-bond acceptors (Lipinski definition) is 1. The van der Waals surface area contributed by atoms with Crippen molar-refractivity contribution in [1.29, 1.82) is 0 Å². The Bertz CT molecular complexity index is 2910. The summed E-state index contributed by atoms with van der Waals surface area (Å²) in [6, 6.07) is -1.00. The van der Waals surface area contributed by atoms with Crippen LogP contribution in [0, 0.1) is 0 Å². The minimum absolute atomic E-state index is 0.0841. The third kappa shape index (κ3) is 2.92. The number of fused-ring (bicyclic) bond motifs is 7. The van der Waals surface area contributed by atoms with Crippen LogP contribution in [0.5, 0.6) is 0 Å². The van der Waals surface area contributed by atoms with Gasteiger partial charge in [-0.3, -0.25) is 0 Å². The normalized spacial score (nSPS) is 17.8. The molecule has 0 fully saturated rings. The molecule has 1 nitrogen and oxygen atoms in total. The van der Waals surface area contributed by atoms with Crippen molar-refractivity contribution in [3.8, 4) is 22.3 Å². The first kappa shape index (κ1) is 10.2. The number of hydrogen-bond donors (Lipinski definition) is 0.